The fourth-order valence-corrected chi connectivity index (χ4v) is 6.60. The Morgan fingerprint density at radius 3 is 2.77 bits per heavy atom. The number of pyridine rings is 1. The van der Waals surface area contributed by atoms with Gasteiger partial charge in [-0.05, 0) is 64.4 Å². The van der Waals surface area contributed by atoms with Gasteiger partial charge < -0.3 is 24.3 Å². The van der Waals surface area contributed by atoms with Crippen LogP contribution >= 0.6 is 11.6 Å². The van der Waals surface area contributed by atoms with Crippen molar-refractivity contribution in [1.29, 1.82) is 5.26 Å². The smallest absolute Gasteiger partial charge is 0.246 e. The summed E-state index contributed by atoms with van der Waals surface area (Å²) in [5, 5.41) is 11.2. The predicted octanol–water partition coefficient (Wildman–Crippen LogP) is 4.17. The van der Waals surface area contributed by atoms with Crippen molar-refractivity contribution in [1.82, 2.24) is 14.8 Å². The number of hydrogen-bond donors (Lipinski definition) is 0. The maximum Gasteiger partial charge on any atom is 0.246 e. The third kappa shape index (κ3) is 5.30. The van der Waals surface area contributed by atoms with Crippen molar-refractivity contribution in [3.8, 4) is 11.9 Å². The van der Waals surface area contributed by atoms with E-state index in [0.717, 1.165) is 65.6 Å². The van der Waals surface area contributed by atoms with Gasteiger partial charge in [-0.1, -0.05) is 30.3 Å². The van der Waals surface area contributed by atoms with Gasteiger partial charge in [0.05, 0.1) is 28.6 Å². The molecule has 2 fully saturated rings. The summed E-state index contributed by atoms with van der Waals surface area (Å²) in [5.74, 6) is 0.343. The second-order valence-electron chi connectivity index (χ2n) is 10.9. The van der Waals surface area contributed by atoms with Crippen molar-refractivity contribution in [2.75, 3.05) is 56.2 Å². The molecule has 0 N–H and O–H groups in total. The van der Waals surface area contributed by atoms with E-state index in [1.54, 1.807) is 0 Å². The number of nitrogens with zero attached hydrogens (tertiary/aromatic N) is 6. The molecule has 1 amide bonds. The van der Waals surface area contributed by atoms with E-state index in [4.69, 9.17) is 21.3 Å². The molecule has 8 nitrogen and oxygen atoms in total. The van der Waals surface area contributed by atoms with E-state index in [1.807, 2.05) is 17.0 Å². The number of likely N-dealkylation sites (N-methyl/N-ethyl adjacent to an activating group) is 1. The van der Waals surface area contributed by atoms with Crippen LogP contribution in [0.3, 0.4) is 0 Å². The van der Waals surface area contributed by atoms with Crippen molar-refractivity contribution in [2.24, 2.45) is 0 Å². The molecule has 2 saturated heterocycles. The summed E-state index contributed by atoms with van der Waals surface area (Å²) in [6.07, 6.45) is 4.33. The molecule has 0 aliphatic carbocycles. The van der Waals surface area contributed by atoms with E-state index in [-0.39, 0.29) is 11.9 Å². The minimum absolute atomic E-state index is 0.0268. The Morgan fingerprint density at radius 2 is 2.10 bits per heavy atom. The number of benzene rings is 1. The first-order valence-electron chi connectivity index (χ1n) is 13.8. The largest absolute Gasteiger partial charge is 0.475 e. The number of aromatic nitrogens is 1. The summed E-state index contributed by atoms with van der Waals surface area (Å²) in [4.78, 5) is 26.0. The second kappa shape index (κ2) is 11.4. The van der Waals surface area contributed by atoms with Gasteiger partial charge >= 0.3 is 0 Å². The Kier molecular flexibility index (Phi) is 8.01. The molecule has 0 saturated carbocycles. The number of carbonyl (C=O) groups is 1. The monoisotopic (exact) mass is 548 g/mol. The lowest BCUT2D eigenvalue weighted by molar-refractivity contribution is -0.126. The molecule has 0 radical (unpaired) electrons. The van der Waals surface area contributed by atoms with Crippen LogP contribution in [-0.2, 0) is 17.8 Å². The summed E-state index contributed by atoms with van der Waals surface area (Å²) in [6, 6.07) is 8.76. The number of piperazine rings is 1. The molecule has 1 aromatic carbocycles. The van der Waals surface area contributed by atoms with Gasteiger partial charge in [0, 0.05) is 43.8 Å². The molecular weight excluding hydrogens is 512 g/mol. The van der Waals surface area contributed by atoms with Crippen LogP contribution in [0.25, 0.3) is 0 Å². The van der Waals surface area contributed by atoms with Gasteiger partial charge in [-0.25, -0.2) is 4.98 Å². The van der Waals surface area contributed by atoms with Gasteiger partial charge in [0.25, 0.3) is 0 Å². The molecule has 0 bridgehead atoms. The third-order valence-corrected chi connectivity index (χ3v) is 8.70. The Labute approximate surface area is 236 Å². The minimum Gasteiger partial charge on any atom is -0.475 e. The van der Waals surface area contributed by atoms with E-state index in [2.05, 4.69) is 54.3 Å². The molecule has 0 spiro atoms. The summed E-state index contributed by atoms with van der Waals surface area (Å²) in [7, 11) is 2.12. The SMILES string of the molecule is C=CC(=O)N1CCN(c2c(C#N)c(OCC3CCCN3C)nc3c2CCN(c2c(C)cccc2Cl)C3)C(C)C1. The van der Waals surface area contributed by atoms with Gasteiger partial charge in [0.2, 0.25) is 11.8 Å². The predicted molar refractivity (Wildman–Crippen MR) is 155 cm³/mol. The number of likely N-dealkylation sites (tertiary alicyclic amines) is 1. The molecular formula is C30H37ClN6O2. The quantitative estimate of drug-likeness (QED) is 0.501. The number of para-hydroxylation sites is 1. The maximum absolute atomic E-state index is 12.3. The number of nitriles is 1. The van der Waals surface area contributed by atoms with Gasteiger partial charge in [-0.2, -0.15) is 5.26 Å². The zero-order chi connectivity index (χ0) is 27.7. The molecule has 2 aromatic rings. The average molecular weight is 549 g/mol. The highest BCUT2D eigenvalue weighted by atomic mass is 35.5. The molecule has 39 heavy (non-hydrogen) atoms. The van der Waals surface area contributed by atoms with E-state index >= 15 is 0 Å². The number of halogens is 1. The third-order valence-electron chi connectivity index (χ3n) is 8.40. The number of ether oxygens (including phenoxy) is 1. The fourth-order valence-electron chi connectivity index (χ4n) is 6.26. The number of carbonyl (C=O) groups excluding carboxylic acids is 1. The topological polar surface area (TPSA) is 75.9 Å². The average Bonchev–Trinajstić information content (AvgIpc) is 3.34. The van der Waals surface area contributed by atoms with Crippen LogP contribution in [0, 0.1) is 18.3 Å². The Balaban J connectivity index is 1.54. The Morgan fingerprint density at radius 1 is 1.28 bits per heavy atom. The summed E-state index contributed by atoms with van der Waals surface area (Å²) < 4.78 is 6.36. The van der Waals surface area contributed by atoms with Crippen molar-refractivity contribution in [2.45, 2.75) is 51.7 Å². The van der Waals surface area contributed by atoms with Crippen LogP contribution in [0.1, 0.15) is 42.1 Å². The van der Waals surface area contributed by atoms with Gasteiger partial charge in [0.1, 0.15) is 18.2 Å². The zero-order valence-corrected chi connectivity index (χ0v) is 23.9. The molecule has 206 valence electrons. The summed E-state index contributed by atoms with van der Waals surface area (Å²) in [5.41, 5.74) is 5.56. The second-order valence-corrected chi connectivity index (χ2v) is 11.3. The highest BCUT2D eigenvalue weighted by Gasteiger charge is 2.34. The number of fused-ring (bicyclic) bond motifs is 1. The lowest BCUT2D eigenvalue weighted by Crippen LogP contribution is -2.54. The van der Waals surface area contributed by atoms with Crippen LogP contribution in [0.5, 0.6) is 5.88 Å². The molecule has 3 aliphatic heterocycles. The molecule has 2 atom stereocenters. The molecule has 2 unspecified atom stereocenters. The maximum atomic E-state index is 12.3. The van der Waals surface area contributed by atoms with Gasteiger partial charge in [-0.3, -0.25) is 4.79 Å². The summed E-state index contributed by atoms with van der Waals surface area (Å²) >= 11 is 6.65. The number of anilines is 2. The van der Waals surface area contributed by atoms with E-state index in [9.17, 15) is 10.1 Å². The van der Waals surface area contributed by atoms with Crippen molar-refractivity contribution in [3.05, 3.63) is 58.3 Å². The number of rotatable bonds is 6. The van der Waals surface area contributed by atoms with Crippen molar-refractivity contribution in [3.63, 3.8) is 0 Å². The van der Waals surface area contributed by atoms with Crippen LogP contribution in [0.2, 0.25) is 5.02 Å². The Hall–Kier alpha value is -3.28. The lowest BCUT2D eigenvalue weighted by atomic mass is 9.96. The van der Waals surface area contributed by atoms with E-state index < -0.39 is 0 Å². The minimum atomic E-state index is -0.0609. The lowest BCUT2D eigenvalue weighted by Gasteiger charge is -2.43. The molecule has 4 heterocycles. The summed E-state index contributed by atoms with van der Waals surface area (Å²) in [6.45, 7) is 12.5. The molecule has 1 aromatic heterocycles. The van der Waals surface area contributed by atoms with Crippen molar-refractivity contribution >= 4 is 28.9 Å². The number of amides is 1. The van der Waals surface area contributed by atoms with Gasteiger partial charge in [-0.15, -0.1) is 0 Å². The molecule has 5 rings (SSSR count). The highest BCUT2D eigenvalue weighted by Crippen LogP contribution is 2.40. The van der Waals surface area contributed by atoms with Crippen molar-refractivity contribution < 1.29 is 9.53 Å². The van der Waals surface area contributed by atoms with E-state index in [1.165, 1.54) is 6.08 Å². The molecule has 9 heteroatoms. The standard InChI is InChI=1S/C30H37ClN6O2/c1-5-27(38)35-14-15-37(21(3)17-35)29-23-11-13-36(28-20(2)8-6-10-25(28)31)18-26(23)33-30(24(29)16-32)39-19-22-9-7-12-34(22)4/h5-6,8,10,21-22H,1,7,9,11-15,17-19H2,2-4H3. The highest BCUT2D eigenvalue weighted by molar-refractivity contribution is 6.33. The fraction of sp³-hybridized carbons (Fsp3) is 0.500. The number of aryl methyl sites for hydroxylation is 1. The van der Waals surface area contributed by atoms with Crippen LogP contribution in [0.15, 0.2) is 30.9 Å². The molecule has 3 aliphatic rings. The first-order chi connectivity index (χ1) is 18.8. The first-order valence-corrected chi connectivity index (χ1v) is 14.2. The van der Waals surface area contributed by atoms with Crippen LogP contribution in [0.4, 0.5) is 11.4 Å². The normalized spacial score (nSPS) is 21.5. The van der Waals surface area contributed by atoms with E-state index in [0.29, 0.717) is 50.3 Å². The van der Waals surface area contributed by atoms with Gasteiger partial charge in [0.15, 0.2) is 0 Å². The Bertz CT molecular complexity index is 1290. The first kappa shape index (κ1) is 27.3. The van der Waals surface area contributed by atoms with Crippen LogP contribution < -0.4 is 14.5 Å². The number of hydrogen-bond acceptors (Lipinski definition) is 7. The van der Waals surface area contributed by atoms with Crippen LogP contribution in [-0.4, -0.2) is 79.2 Å². The zero-order valence-electron chi connectivity index (χ0n) is 23.1.